The number of rotatable bonds is 4. The summed E-state index contributed by atoms with van der Waals surface area (Å²) in [6.07, 6.45) is 1.60. The Morgan fingerprint density at radius 2 is 2.29 bits per heavy atom. The fourth-order valence-corrected chi connectivity index (χ4v) is 1.67. The number of carbonyl (C=O) groups is 1. The zero-order valence-electron chi connectivity index (χ0n) is 9.12. The summed E-state index contributed by atoms with van der Waals surface area (Å²) in [5, 5.41) is 1.65. The molecule has 0 amide bonds. The number of carbonyl (C=O) groups excluding carboxylic acids is 1. The predicted molar refractivity (Wildman–Crippen MR) is 62.0 cm³/mol. The van der Waals surface area contributed by atoms with Crippen molar-refractivity contribution < 1.29 is 14.3 Å². The van der Waals surface area contributed by atoms with Gasteiger partial charge in [-0.25, -0.2) is 14.8 Å². The molecule has 2 heterocycles. The molecule has 17 heavy (non-hydrogen) atoms. The van der Waals surface area contributed by atoms with E-state index in [1.165, 1.54) is 11.3 Å². The Morgan fingerprint density at radius 1 is 1.41 bits per heavy atom. The number of thiazole rings is 1. The van der Waals surface area contributed by atoms with Crippen LogP contribution in [0.5, 0.6) is 5.88 Å². The van der Waals surface area contributed by atoms with E-state index >= 15 is 0 Å². The Labute approximate surface area is 102 Å². The molecule has 0 radical (unpaired) electrons. The molecule has 5 nitrogen and oxygen atoms in total. The summed E-state index contributed by atoms with van der Waals surface area (Å²) in [5.41, 5.74) is 2.72. The minimum atomic E-state index is -0.429. The van der Waals surface area contributed by atoms with E-state index in [1.54, 1.807) is 36.3 Å². The maximum Gasteiger partial charge on any atom is 0.358 e. The maximum atomic E-state index is 11.5. The lowest BCUT2D eigenvalue weighted by Crippen LogP contribution is -2.05. The van der Waals surface area contributed by atoms with Crippen LogP contribution in [0.3, 0.4) is 0 Å². The average Bonchev–Trinajstić information content (AvgIpc) is 2.90. The third-order valence-electron chi connectivity index (χ3n) is 2.02. The van der Waals surface area contributed by atoms with Crippen LogP contribution in [0.4, 0.5) is 0 Å². The summed E-state index contributed by atoms with van der Waals surface area (Å²) in [6.45, 7) is 0.174. The number of hydrogen-bond donors (Lipinski definition) is 0. The summed E-state index contributed by atoms with van der Waals surface area (Å²) in [6, 6.07) is 3.51. The lowest BCUT2D eigenvalue weighted by atomic mass is 10.3. The molecule has 0 N–H and O–H groups in total. The molecule has 2 rings (SSSR count). The summed E-state index contributed by atoms with van der Waals surface area (Å²) < 4.78 is 10.00. The number of nitrogens with zero attached hydrogens (tertiary/aromatic N) is 2. The largest absolute Gasteiger partial charge is 0.481 e. The number of hydrogen-bond acceptors (Lipinski definition) is 6. The Bertz CT molecular complexity index is 482. The first kappa shape index (κ1) is 11.5. The number of esters is 1. The first-order valence-corrected chi connectivity index (χ1v) is 5.78. The highest BCUT2D eigenvalue weighted by molar-refractivity contribution is 7.07. The zero-order valence-corrected chi connectivity index (χ0v) is 9.94. The molecule has 0 saturated carbocycles. The monoisotopic (exact) mass is 250 g/mol. The van der Waals surface area contributed by atoms with Gasteiger partial charge in [0.05, 0.1) is 12.6 Å². The molecular weight excluding hydrogens is 240 g/mol. The molecular formula is C11H10N2O3S. The zero-order chi connectivity index (χ0) is 12.1. The number of pyridine rings is 1. The standard InChI is InChI=1S/C11H10N2O3S/c1-15-10-3-2-8(4-12-10)5-16-11(14)9-6-17-7-13-9/h2-4,6-7H,5H2,1H3. The van der Waals surface area contributed by atoms with E-state index in [0.29, 0.717) is 11.6 Å². The van der Waals surface area contributed by atoms with Crippen LogP contribution in [0, 0.1) is 0 Å². The lowest BCUT2D eigenvalue weighted by molar-refractivity contribution is 0.0466. The van der Waals surface area contributed by atoms with Gasteiger partial charge in [0, 0.05) is 23.2 Å². The quantitative estimate of drug-likeness (QED) is 0.775. The van der Waals surface area contributed by atoms with Gasteiger partial charge in [0.1, 0.15) is 6.61 Å². The molecule has 0 aliphatic rings. The minimum Gasteiger partial charge on any atom is -0.481 e. The second-order valence-electron chi connectivity index (χ2n) is 3.16. The van der Waals surface area contributed by atoms with E-state index in [2.05, 4.69) is 9.97 Å². The van der Waals surface area contributed by atoms with Crippen molar-refractivity contribution in [1.29, 1.82) is 0 Å². The van der Waals surface area contributed by atoms with Crippen molar-refractivity contribution in [2.24, 2.45) is 0 Å². The summed E-state index contributed by atoms with van der Waals surface area (Å²) >= 11 is 1.35. The molecule has 0 aromatic carbocycles. The van der Waals surface area contributed by atoms with Gasteiger partial charge < -0.3 is 9.47 Å². The Balaban J connectivity index is 1.91. The van der Waals surface area contributed by atoms with Crippen molar-refractivity contribution in [2.45, 2.75) is 6.61 Å². The second kappa shape index (κ2) is 5.40. The summed E-state index contributed by atoms with van der Waals surface area (Å²) in [4.78, 5) is 19.4. The van der Waals surface area contributed by atoms with Gasteiger partial charge in [-0.05, 0) is 6.07 Å². The van der Waals surface area contributed by atoms with Crippen LogP contribution >= 0.6 is 11.3 Å². The van der Waals surface area contributed by atoms with Crippen LogP contribution < -0.4 is 4.74 Å². The van der Waals surface area contributed by atoms with E-state index in [0.717, 1.165) is 5.56 Å². The highest BCUT2D eigenvalue weighted by Gasteiger charge is 2.09. The van der Waals surface area contributed by atoms with Crippen molar-refractivity contribution in [3.63, 3.8) is 0 Å². The van der Waals surface area contributed by atoms with E-state index in [4.69, 9.17) is 9.47 Å². The van der Waals surface area contributed by atoms with Crippen molar-refractivity contribution >= 4 is 17.3 Å². The first-order chi connectivity index (χ1) is 8.29. The minimum absolute atomic E-state index is 0.174. The fourth-order valence-electron chi connectivity index (χ4n) is 1.15. The Morgan fingerprint density at radius 3 is 2.88 bits per heavy atom. The van der Waals surface area contributed by atoms with Gasteiger partial charge in [-0.1, -0.05) is 0 Å². The second-order valence-corrected chi connectivity index (χ2v) is 3.88. The topological polar surface area (TPSA) is 61.3 Å². The molecule has 0 aliphatic heterocycles. The average molecular weight is 250 g/mol. The molecule has 0 fully saturated rings. The number of aromatic nitrogens is 2. The highest BCUT2D eigenvalue weighted by Crippen LogP contribution is 2.09. The van der Waals surface area contributed by atoms with E-state index in [1.807, 2.05) is 0 Å². The first-order valence-electron chi connectivity index (χ1n) is 4.84. The molecule has 2 aromatic rings. The van der Waals surface area contributed by atoms with E-state index < -0.39 is 5.97 Å². The highest BCUT2D eigenvalue weighted by atomic mass is 32.1. The van der Waals surface area contributed by atoms with E-state index in [-0.39, 0.29) is 6.61 Å². The van der Waals surface area contributed by atoms with Gasteiger partial charge >= 0.3 is 5.97 Å². The summed E-state index contributed by atoms with van der Waals surface area (Å²) in [5.74, 6) is 0.0987. The molecule has 0 spiro atoms. The number of methoxy groups -OCH3 is 1. The van der Waals surface area contributed by atoms with Gasteiger partial charge in [-0.3, -0.25) is 0 Å². The molecule has 0 saturated heterocycles. The van der Waals surface area contributed by atoms with Crippen molar-refractivity contribution in [2.75, 3.05) is 7.11 Å². The molecule has 0 aliphatic carbocycles. The molecule has 88 valence electrons. The molecule has 0 unspecified atom stereocenters. The number of ether oxygens (including phenoxy) is 2. The maximum absolute atomic E-state index is 11.5. The predicted octanol–water partition coefficient (Wildman–Crippen LogP) is 1.90. The van der Waals surface area contributed by atoms with Gasteiger partial charge in [0.25, 0.3) is 0 Å². The van der Waals surface area contributed by atoms with Gasteiger partial charge in [0.2, 0.25) is 5.88 Å². The van der Waals surface area contributed by atoms with Crippen LogP contribution in [0.1, 0.15) is 16.1 Å². The smallest absolute Gasteiger partial charge is 0.358 e. The van der Waals surface area contributed by atoms with Crippen molar-refractivity contribution in [1.82, 2.24) is 9.97 Å². The van der Waals surface area contributed by atoms with Crippen LogP contribution in [-0.4, -0.2) is 23.0 Å². The normalized spacial score (nSPS) is 9.94. The van der Waals surface area contributed by atoms with Crippen molar-refractivity contribution in [3.8, 4) is 5.88 Å². The summed E-state index contributed by atoms with van der Waals surface area (Å²) in [7, 11) is 1.55. The lowest BCUT2D eigenvalue weighted by Gasteiger charge is -2.03. The van der Waals surface area contributed by atoms with Gasteiger partial charge in [-0.2, -0.15) is 0 Å². The fraction of sp³-hybridized carbons (Fsp3) is 0.182. The molecule has 2 aromatic heterocycles. The molecule has 0 bridgehead atoms. The van der Waals surface area contributed by atoms with Crippen molar-refractivity contribution in [3.05, 3.63) is 40.5 Å². The Kier molecular flexibility index (Phi) is 3.66. The van der Waals surface area contributed by atoms with E-state index in [9.17, 15) is 4.79 Å². The SMILES string of the molecule is COc1ccc(COC(=O)c2cscn2)cn1. The Hall–Kier alpha value is -1.95. The van der Waals surface area contributed by atoms with Crippen LogP contribution in [-0.2, 0) is 11.3 Å². The molecule has 6 heteroatoms. The third kappa shape index (κ3) is 3.01. The van der Waals surface area contributed by atoms with Gasteiger partial charge in [-0.15, -0.1) is 11.3 Å². The van der Waals surface area contributed by atoms with Crippen LogP contribution in [0.25, 0.3) is 0 Å². The van der Waals surface area contributed by atoms with Crippen LogP contribution in [0.15, 0.2) is 29.2 Å². The molecule has 0 atom stereocenters. The third-order valence-corrected chi connectivity index (χ3v) is 2.60. The van der Waals surface area contributed by atoms with Gasteiger partial charge in [0.15, 0.2) is 5.69 Å². The van der Waals surface area contributed by atoms with Crippen LogP contribution in [0.2, 0.25) is 0 Å².